The summed E-state index contributed by atoms with van der Waals surface area (Å²) in [5.41, 5.74) is 6.05. The average molecular weight is 269 g/mol. The Hall–Kier alpha value is -0.650. The third-order valence-corrected chi connectivity index (χ3v) is 4.53. The summed E-state index contributed by atoms with van der Waals surface area (Å²) in [6, 6.07) is 0.184. The van der Waals surface area contributed by atoms with Crippen molar-refractivity contribution < 1.29 is 9.53 Å². The van der Waals surface area contributed by atoms with Gasteiger partial charge in [-0.2, -0.15) is 0 Å². The molecule has 110 valence electrons. The highest BCUT2D eigenvalue weighted by molar-refractivity contribution is 5.79. The standard InChI is InChI=1S/C14H27N3O2/c1-11-12(3-2-4-13(11)15)14(18)16-5-6-17-7-9-19-10-8-17/h11-13H,2-10,15H2,1H3,(H,16,18). The van der Waals surface area contributed by atoms with Crippen molar-refractivity contribution in [3.63, 3.8) is 0 Å². The number of nitrogens with one attached hydrogen (secondary N) is 1. The number of carbonyl (C=O) groups excluding carboxylic acids is 1. The molecule has 5 nitrogen and oxygen atoms in total. The van der Waals surface area contributed by atoms with Crippen LogP contribution < -0.4 is 11.1 Å². The van der Waals surface area contributed by atoms with Gasteiger partial charge in [0.15, 0.2) is 0 Å². The van der Waals surface area contributed by atoms with Gasteiger partial charge in [-0.25, -0.2) is 0 Å². The van der Waals surface area contributed by atoms with Crippen molar-refractivity contribution in [1.29, 1.82) is 0 Å². The highest BCUT2D eigenvalue weighted by atomic mass is 16.5. The minimum atomic E-state index is 0.105. The first-order chi connectivity index (χ1) is 9.18. The van der Waals surface area contributed by atoms with Gasteiger partial charge in [-0.1, -0.05) is 13.3 Å². The van der Waals surface area contributed by atoms with E-state index in [1.54, 1.807) is 0 Å². The molecule has 0 radical (unpaired) electrons. The van der Waals surface area contributed by atoms with Crippen molar-refractivity contribution in [3.05, 3.63) is 0 Å². The zero-order valence-corrected chi connectivity index (χ0v) is 11.9. The summed E-state index contributed by atoms with van der Waals surface area (Å²) in [6.45, 7) is 7.32. The number of morpholine rings is 1. The second-order valence-corrected chi connectivity index (χ2v) is 5.81. The van der Waals surface area contributed by atoms with Crippen molar-refractivity contribution in [2.45, 2.75) is 32.2 Å². The molecule has 1 aliphatic heterocycles. The molecule has 3 N–H and O–H groups in total. The molecule has 2 fully saturated rings. The van der Waals surface area contributed by atoms with Crippen LogP contribution in [0.15, 0.2) is 0 Å². The van der Waals surface area contributed by atoms with Crippen molar-refractivity contribution in [1.82, 2.24) is 10.2 Å². The molecule has 2 rings (SSSR count). The summed E-state index contributed by atoms with van der Waals surface area (Å²) >= 11 is 0. The first-order valence-electron chi connectivity index (χ1n) is 7.52. The van der Waals surface area contributed by atoms with Gasteiger partial charge < -0.3 is 15.8 Å². The lowest BCUT2D eigenvalue weighted by Crippen LogP contribution is -2.46. The van der Waals surface area contributed by atoms with Crippen LogP contribution in [0.2, 0.25) is 0 Å². The Labute approximate surface area is 115 Å². The second-order valence-electron chi connectivity index (χ2n) is 5.81. The third kappa shape index (κ3) is 4.16. The molecular weight excluding hydrogens is 242 g/mol. The van der Waals surface area contributed by atoms with Gasteiger partial charge in [0.05, 0.1) is 13.2 Å². The normalized spacial score (nSPS) is 33.1. The van der Waals surface area contributed by atoms with E-state index in [9.17, 15) is 4.79 Å². The fourth-order valence-electron chi connectivity index (χ4n) is 3.06. The number of nitrogens with two attached hydrogens (primary N) is 1. The van der Waals surface area contributed by atoms with Gasteiger partial charge in [0, 0.05) is 38.1 Å². The number of nitrogens with zero attached hydrogens (tertiary/aromatic N) is 1. The Kier molecular flexibility index (Phi) is 5.60. The van der Waals surface area contributed by atoms with Crippen LogP contribution in [0.3, 0.4) is 0 Å². The first-order valence-corrected chi connectivity index (χ1v) is 7.52. The Morgan fingerprint density at radius 3 is 2.84 bits per heavy atom. The van der Waals surface area contributed by atoms with Gasteiger partial charge in [0.1, 0.15) is 0 Å². The Morgan fingerprint density at radius 2 is 2.11 bits per heavy atom. The van der Waals surface area contributed by atoms with Gasteiger partial charge in [0.2, 0.25) is 5.91 Å². The Morgan fingerprint density at radius 1 is 1.37 bits per heavy atom. The van der Waals surface area contributed by atoms with E-state index < -0.39 is 0 Å². The molecule has 3 unspecified atom stereocenters. The van der Waals surface area contributed by atoms with Gasteiger partial charge in [-0.15, -0.1) is 0 Å². The molecule has 0 aromatic rings. The van der Waals surface area contributed by atoms with Crippen LogP contribution in [0, 0.1) is 11.8 Å². The van der Waals surface area contributed by atoms with E-state index >= 15 is 0 Å². The summed E-state index contributed by atoms with van der Waals surface area (Å²) in [7, 11) is 0. The number of hydrogen-bond acceptors (Lipinski definition) is 4. The summed E-state index contributed by atoms with van der Waals surface area (Å²) in [5.74, 6) is 0.599. The summed E-state index contributed by atoms with van der Waals surface area (Å²) < 4.78 is 5.31. The largest absolute Gasteiger partial charge is 0.379 e. The Balaban J connectivity index is 1.68. The van der Waals surface area contributed by atoms with E-state index in [4.69, 9.17) is 10.5 Å². The quantitative estimate of drug-likeness (QED) is 0.765. The van der Waals surface area contributed by atoms with E-state index in [-0.39, 0.29) is 17.9 Å². The van der Waals surface area contributed by atoms with E-state index in [2.05, 4.69) is 17.1 Å². The van der Waals surface area contributed by atoms with Crippen molar-refractivity contribution in [2.75, 3.05) is 39.4 Å². The molecule has 19 heavy (non-hydrogen) atoms. The van der Waals surface area contributed by atoms with Crippen LogP contribution >= 0.6 is 0 Å². The van der Waals surface area contributed by atoms with Gasteiger partial charge in [-0.3, -0.25) is 9.69 Å². The number of ether oxygens (including phenoxy) is 1. The number of amides is 1. The second kappa shape index (κ2) is 7.22. The SMILES string of the molecule is CC1C(N)CCCC1C(=O)NCCN1CCOCC1. The molecule has 1 amide bonds. The molecule has 1 saturated heterocycles. The highest BCUT2D eigenvalue weighted by Gasteiger charge is 2.32. The molecule has 0 aromatic heterocycles. The smallest absolute Gasteiger partial charge is 0.223 e. The zero-order valence-electron chi connectivity index (χ0n) is 11.9. The lowest BCUT2D eigenvalue weighted by molar-refractivity contribution is -0.127. The monoisotopic (exact) mass is 269 g/mol. The van der Waals surface area contributed by atoms with Crippen LogP contribution in [0.25, 0.3) is 0 Å². The molecule has 1 heterocycles. The lowest BCUT2D eigenvalue weighted by atomic mass is 9.77. The fraction of sp³-hybridized carbons (Fsp3) is 0.929. The molecule has 0 aromatic carbocycles. The molecule has 1 saturated carbocycles. The minimum Gasteiger partial charge on any atom is -0.379 e. The van der Waals surface area contributed by atoms with E-state index in [0.29, 0.717) is 5.92 Å². The zero-order chi connectivity index (χ0) is 13.7. The number of carbonyl (C=O) groups is 1. The average Bonchev–Trinajstić information content (AvgIpc) is 2.43. The molecular formula is C14H27N3O2. The van der Waals surface area contributed by atoms with Crippen molar-refractivity contribution in [3.8, 4) is 0 Å². The summed E-state index contributed by atoms with van der Waals surface area (Å²) in [5, 5.41) is 3.07. The van der Waals surface area contributed by atoms with E-state index in [1.165, 1.54) is 0 Å². The molecule has 2 aliphatic rings. The predicted molar refractivity (Wildman–Crippen MR) is 74.7 cm³/mol. The maximum Gasteiger partial charge on any atom is 0.223 e. The molecule has 3 atom stereocenters. The molecule has 5 heteroatoms. The van der Waals surface area contributed by atoms with Crippen molar-refractivity contribution in [2.24, 2.45) is 17.6 Å². The Bertz CT molecular complexity index is 292. The maximum atomic E-state index is 12.2. The minimum absolute atomic E-state index is 0.105. The predicted octanol–water partition coefficient (Wildman–Crippen LogP) is 0.198. The molecule has 0 spiro atoms. The van der Waals surface area contributed by atoms with Crippen molar-refractivity contribution >= 4 is 5.91 Å². The summed E-state index contributed by atoms with van der Waals surface area (Å²) in [4.78, 5) is 14.5. The van der Waals surface area contributed by atoms with E-state index in [1.807, 2.05) is 0 Å². The topological polar surface area (TPSA) is 67.6 Å². The lowest BCUT2D eigenvalue weighted by Gasteiger charge is -2.33. The summed E-state index contributed by atoms with van der Waals surface area (Å²) in [6.07, 6.45) is 3.12. The highest BCUT2D eigenvalue weighted by Crippen LogP contribution is 2.28. The van der Waals surface area contributed by atoms with Gasteiger partial charge in [0.25, 0.3) is 0 Å². The number of hydrogen-bond donors (Lipinski definition) is 2. The first kappa shape index (κ1) is 14.8. The molecule has 1 aliphatic carbocycles. The van der Waals surface area contributed by atoms with Crippen LogP contribution in [0.4, 0.5) is 0 Å². The number of rotatable bonds is 4. The van der Waals surface area contributed by atoms with Crippen LogP contribution in [-0.4, -0.2) is 56.2 Å². The van der Waals surface area contributed by atoms with Crippen LogP contribution in [0.1, 0.15) is 26.2 Å². The van der Waals surface area contributed by atoms with Gasteiger partial charge in [-0.05, 0) is 18.8 Å². The van der Waals surface area contributed by atoms with Crippen LogP contribution in [-0.2, 0) is 9.53 Å². The third-order valence-electron chi connectivity index (χ3n) is 4.53. The maximum absolute atomic E-state index is 12.2. The fourth-order valence-corrected chi connectivity index (χ4v) is 3.06. The van der Waals surface area contributed by atoms with Crippen LogP contribution in [0.5, 0.6) is 0 Å². The van der Waals surface area contributed by atoms with Gasteiger partial charge >= 0.3 is 0 Å². The molecule has 0 bridgehead atoms. The van der Waals surface area contributed by atoms with E-state index in [0.717, 1.165) is 58.7 Å².